The van der Waals surface area contributed by atoms with Crippen LogP contribution in [-0.4, -0.2) is 25.3 Å². The van der Waals surface area contributed by atoms with Crippen molar-refractivity contribution in [3.63, 3.8) is 0 Å². The molecule has 1 saturated heterocycles. The number of carbonyl (C=O) groups excluding carboxylic acids is 1. The van der Waals surface area contributed by atoms with Crippen molar-refractivity contribution in [3.05, 3.63) is 0 Å². The standard InChI is InChI=1S/C8H14O3/c1-7(9)3-2-4-8-10-5-6-11-8/h8H,2-6H2,1H3. The SMILES string of the molecule is CC(=O)CCCC1OCCO1. The molecule has 0 saturated carbocycles. The molecular weight excluding hydrogens is 144 g/mol. The molecule has 0 N–H and O–H groups in total. The van der Waals surface area contributed by atoms with Crippen molar-refractivity contribution in [1.82, 2.24) is 0 Å². The molecule has 0 unspecified atom stereocenters. The van der Waals surface area contributed by atoms with Crippen LogP contribution in [0.4, 0.5) is 0 Å². The molecule has 0 atom stereocenters. The van der Waals surface area contributed by atoms with Crippen molar-refractivity contribution >= 4 is 5.78 Å². The molecule has 0 spiro atoms. The minimum atomic E-state index is -0.0469. The average Bonchev–Trinajstić information content (AvgIpc) is 2.39. The van der Waals surface area contributed by atoms with Gasteiger partial charge < -0.3 is 14.3 Å². The number of hydrogen-bond donors (Lipinski definition) is 0. The van der Waals surface area contributed by atoms with Crippen molar-refractivity contribution in [2.45, 2.75) is 32.5 Å². The van der Waals surface area contributed by atoms with Gasteiger partial charge in [-0.25, -0.2) is 0 Å². The van der Waals surface area contributed by atoms with Crippen LogP contribution in [0.3, 0.4) is 0 Å². The van der Waals surface area contributed by atoms with E-state index in [9.17, 15) is 4.79 Å². The van der Waals surface area contributed by atoms with Crippen LogP contribution in [0.5, 0.6) is 0 Å². The van der Waals surface area contributed by atoms with Crippen LogP contribution in [0.25, 0.3) is 0 Å². The lowest BCUT2D eigenvalue weighted by Gasteiger charge is -2.06. The van der Waals surface area contributed by atoms with Crippen LogP contribution in [-0.2, 0) is 14.3 Å². The quantitative estimate of drug-likeness (QED) is 0.615. The highest BCUT2D eigenvalue weighted by Gasteiger charge is 2.14. The van der Waals surface area contributed by atoms with Gasteiger partial charge >= 0.3 is 0 Å². The molecule has 0 aromatic heterocycles. The third-order valence-electron chi connectivity index (χ3n) is 1.66. The predicted octanol–water partition coefficient (Wildman–Crippen LogP) is 1.12. The first-order valence-corrected chi connectivity index (χ1v) is 4.01. The Bertz CT molecular complexity index is 127. The van der Waals surface area contributed by atoms with Crippen molar-refractivity contribution in [2.75, 3.05) is 13.2 Å². The van der Waals surface area contributed by atoms with Crippen molar-refractivity contribution in [1.29, 1.82) is 0 Å². The second-order valence-electron chi connectivity index (χ2n) is 2.77. The van der Waals surface area contributed by atoms with Gasteiger partial charge in [-0.05, 0) is 19.8 Å². The number of ether oxygens (including phenoxy) is 2. The first-order chi connectivity index (χ1) is 5.29. The molecule has 64 valence electrons. The molecule has 0 aromatic rings. The molecule has 1 fully saturated rings. The molecule has 3 nitrogen and oxygen atoms in total. The Hall–Kier alpha value is -0.410. The summed E-state index contributed by atoms with van der Waals surface area (Å²) >= 11 is 0. The molecule has 0 bridgehead atoms. The summed E-state index contributed by atoms with van der Waals surface area (Å²) in [5.74, 6) is 0.239. The van der Waals surface area contributed by atoms with Crippen LogP contribution >= 0.6 is 0 Å². The average molecular weight is 158 g/mol. The highest BCUT2D eigenvalue weighted by atomic mass is 16.7. The van der Waals surface area contributed by atoms with Crippen LogP contribution in [0.2, 0.25) is 0 Å². The van der Waals surface area contributed by atoms with Gasteiger partial charge in [-0.2, -0.15) is 0 Å². The Morgan fingerprint density at radius 2 is 2.09 bits per heavy atom. The Morgan fingerprint density at radius 3 is 2.64 bits per heavy atom. The van der Waals surface area contributed by atoms with Gasteiger partial charge in [0.25, 0.3) is 0 Å². The van der Waals surface area contributed by atoms with E-state index in [1.807, 2.05) is 0 Å². The fourth-order valence-corrected chi connectivity index (χ4v) is 1.09. The van der Waals surface area contributed by atoms with E-state index in [4.69, 9.17) is 9.47 Å². The Labute approximate surface area is 66.7 Å². The molecule has 1 aliphatic heterocycles. The smallest absolute Gasteiger partial charge is 0.157 e. The summed E-state index contributed by atoms with van der Waals surface area (Å²) in [5.41, 5.74) is 0. The summed E-state index contributed by atoms with van der Waals surface area (Å²) in [7, 11) is 0. The topological polar surface area (TPSA) is 35.5 Å². The van der Waals surface area contributed by atoms with Crippen molar-refractivity contribution in [3.8, 4) is 0 Å². The molecule has 1 rings (SSSR count). The number of carbonyl (C=O) groups is 1. The first-order valence-electron chi connectivity index (χ1n) is 4.01. The van der Waals surface area contributed by atoms with E-state index < -0.39 is 0 Å². The zero-order valence-electron chi connectivity index (χ0n) is 6.84. The lowest BCUT2D eigenvalue weighted by atomic mass is 10.2. The summed E-state index contributed by atoms with van der Waals surface area (Å²) in [6.45, 7) is 3.01. The van der Waals surface area contributed by atoms with Crippen LogP contribution < -0.4 is 0 Å². The molecule has 0 radical (unpaired) electrons. The minimum Gasteiger partial charge on any atom is -0.350 e. The minimum absolute atomic E-state index is 0.0469. The van der Waals surface area contributed by atoms with Crippen LogP contribution in [0, 0.1) is 0 Å². The van der Waals surface area contributed by atoms with Gasteiger partial charge in [0.05, 0.1) is 13.2 Å². The maximum Gasteiger partial charge on any atom is 0.157 e. The highest BCUT2D eigenvalue weighted by molar-refractivity contribution is 5.75. The van der Waals surface area contributed by atoms with E-state index in [1.165, 1.54) is 0 Å². The molecule has 0 aromatic carbocycles. The van der Waals surface area contributed by atoms with Crippen molar-refractivity contribution < 1.29 is 14.3 Å². The lowest BCUT2D eigenvalue weighted by Crippen LogP contribution is -2.07. The summed E-state index contributed by atoms with van der Waals surface area (Å²) < 4.78 is 10.4. The van der Waals surface area contributed by atoms with E-state index >= 15 is 0 Å². The zero-order chi connectivity index (χ0) is 8.10. The lowest BCUT2D eigenvalue weighted by molar-refractivity contribution is -0.117. The second-order valence-corrected chi connectivity index (χ2v) is 2.77. The maximum absolute atomic E-state index is 10.5. The number of hydrogen-bond acceptors (Lipinski definition) is 3. The molecule has 1 aliphatic rings. The van der Waals surface area contributed by atoms with Gasteiger partial charge in [-0.3, -0.25) is 0 Å². The monoisotopic (exact) mass is 158 g/mol. The first kappa shape index (κ1) is 8.68. The zero-order valence-corrected chi connectivity index (χ0v) is 6.84. The predicted molar refractivity (Wildman–Crippen MR) is 40.2 cm³/mol. The Morgan fingerprint density at radius 1 is 1.45 bits per heavy atom. The summed E-state index contributed by atoms with van der Waals surface area (Å²) in [6.07, 6.45) is 2.32. The Balaban J connectivity index is 1.98. The van der Waals surface area contributed by atoms with Gasteiger partial charge in [0, 0.05) is 6.42 Å². The maximum atomic E-state index is 10.5. The molecule has 11 heavy (non-hydrogen) atoms. The number of ketones is 1. The fourth-order valence-electron chi connectivity index (χ4n) is 1.09. The molecular formula is C8H14O3. The van der Waals surface area contributed by atoms with E-state index in [0.29, 0.717) is 19.6 Å². The van der Waals surface area contributed by atoms with Gasteiger partial charge in [0.2, 0.25) is 0 Å². The van der Waals surface area contributed by atoms with Gasteiger partial charge in [0.1, 0.15) is 5.78 Å². The van der Waals surface area contributed by atoms with Crippen LogP contribution in [0.15, 0.2) is 0 Å². The third kappa shape index (κ3) is 3.49. The van der Waals surface area contributed by atoms with E-state index in [1.54, 1.807) is 6.92 Å². The van der Waals surface area contributed by atoms with Gasteiger partial charge in [0.15, 0.2) is 6.29 Å². The molecule has 1 heterocycles. The third-order valence-corrected chi connectivity index (χ3v) is 1.66. The summed E-state index contributed by atoms with van der Waals surface area (Å²) in [4.78, 5) is 10.5. The fraction of sp³-hybridized carbons (Fsp3) is 0.875. The second kappa shape index (κ2) is 4.46. The van der Waals surface area contributed by atoms with Crippen molar-refractivity contribution in [2.24, 2.45) is 0 Å². The van der Waals surface area contributed by atoms with E-state index in [0.717, 1.165) is 12.8 Å². The largest absolute Gasteiger partial charge is 0.350 e. The Kier molecular flexibility index (Phi) is 3.52. The molecule has 0 amide bonds. The summed E-state index contributed by atoms with van der Waals surface area (Å²) in [5, 5.41) is 0. The van der Waals surface area contributed by atoms with E-state index in [2.05, 4.69) is 0 Å². The number of rotatable bonds is 4. The van der Waals surface area contributed by atoms with E-state index in [-0.39, 0.29) is 12.1 Å². The number of Topliss-reactive ketones (excluding diaryl/α,β-unsaturated/α-hetero) is 1. The van der Waals surface area contributed by atoms with Gasteiger partial charge in [-0.15, -0.1) is 0 Å². The molecule has 0 aliphatic carbocycles. The highest BCUT2D eigenvalue weighted by Crippen LogP contribution is 2.11. The normalized spacial score (nSPS) is 19.0. The summed E-state index contributed by atoms with van der Waals surface area (Å²) in [6, 6.07) is 0. The van der Waals surface area contributed by atoms with Crippen LogP contribution in [0.1, 0.15) is 26.2 Å². The molecule has 3 heteroatoms. The van der Waals surface area contributed by atoms with Gasteiger partial charge in [-0.1, -0.05) is 0 Å².